The number of furan rings is 1. The van der Waals surface area contributed by atoms with Crippen LogP contribution in [0.1, 0.15) is 18.4 Å². The van der Waals surface area contributed by atoms with Crippen molar-refractivity contribution in [2.75, 3.05) is 6.54 Å². The Bertz CT molecular complexity index is 757. The molecule has 7 heteroatoms. The van der Waals surface area contributed by atoms with Gasteiger partial charge in [0.15, 0.2) is 5.58 Å². The van der Waals surface area contributed by atoms with Crippen LogP contribution in [0.25, 0.3) is 11.0 Å². The Kier molecular flexibility index (Phi) is 4.02. The van der Waals surface area contributed by atoms with E-state index in [9.17, 15) is 9.59 Å². The van der Waals surface area contributed by atoms with Gasteiger partial charge in [-0.15, -0.1) is 0 Å². The highest BCUT2D eigenvalue weighted by molar-refractivity contribution is 6.44. The van der Waals surface area contributed by atoms with Gasteiger partial charge in [0, 0.05) is 17.5 Å². The molecule has 2 N–H and O–H groups in total. The normalized spacial score (nSPS) is 18.1. The number of carbonyl (C=O) groups excluding carboxylic acids is 2. The zero-order chi connectivity index (χ0) is 15.9. The van der Waals surface area contributed by atoms with Crippen LogP contribution in [-0.2, 0) is 16.0 Å². The lowest BCUT2D eigenvalue weighted by molar-refractivity contribution is -0.136. The first-order valence-corrected chi connectivity index (χ1v) is 7.67. The van der Waals surface area contributed by atoms with Crippen LogP contribution in [-0.4, -0.2) is 29.3 Å². The van der Waals surface area contributed by atoms with Crippen molar-refractivity contribution in [3.63, 3.8) is 0 Å². The van der Waals surface area contributed by atoms with Gasteiger partial charge in [-0.3, -0.25) is 9.59 Å². The minimum Gasteiger partial charge on any atom is -0.462 e. The molecule has 0 aliphatic carbocycles. The van der Waals surface area contributed by atoms with Crippen LogP contribution in [0.2, 0.25) is 10.0 Å². The molecule has 1 aliphatic rings. The second-order valence-corrected chi connectivity index (χ2v) is 6.11. The van der Waals surface area contributed by atoms with E-state index in [0.717, 1.165) is 11.8 Å². The van der Waals surface area contributed by atoms with Crippen molar-refractivity contribution < 1.29 is 14.0 Å². The van der Waals surface area contributed by atoms with Crippen molar-refractivity contribution in [3.8, 4) is 0 Å². The van der Waals surface area contributed by atoms with Crippen LogP contribution < -0.4 is 5.73 Å². The molecule has 1 fully saturated rings. The zero-order valence-corrected chi connectivity index (χ0v) is 13.2. The molecular formula is C15H14Cl2N2O3. The smallest absolute Gasteiger partial charge is 0.240 e. The van der Waals surface area contributed by atoms with E-state index >= 15 is 0 Å². The standard InChI is InChI=1S/C15H14Cl2N2O3/c16-10-4-3-9-8(7-22-14(9)13(10)17)6-12(20)19-5-1-2-11(19)15(18)21/h3-4,7,11H,1-2,5-6H2,(H2,18,21)/t11-/m0/s1. The summed E-state index contributed by atoms with van der Waals surface area (Å²) in [5.41, 5.74) is 6.52. The van der Waals surface area contributed by atoms with Gasteiger partial charge in [-0.1, -0.05) is 23.2 Å². The summed E-state index contributed by atoms with van der Waals surface area (Å²) in [5, 5.41) is 1.47. The number of nitrogens with zero attached hydrogens (tertiary/aromatic N) is 1. The average Bonchev–Trinajstić information content (AvgIpc) is 3.10. The summed E-state index contributed by atoms with van der Waals surface area (Å²) >= 11 is 12.0. The molecule has 5 nitrogen and oxygen atoms in total. The topological polar surface area (TPSA) is 76.5 Å². The molecule has 2 heterocycles. The van der Waals surface area contributed by atoms with E-state index in [0.29, 0.717) is 34.2 Å². The SMILES string of the molecule is NC(=O)[C@@H]1CCCN1C(=O)Cc1coc2c(Cl)c(Cl)ccc12. The number of primary amides is 1. The molecule has 0 saturated carbocycles. The zero-order valence-electron chi connectivity index (χ0n) is 11.6. The van der Waals surface area contributed by atoms with E-state index in [1.807, 2.05) is 0 Å². The predicted octanol–water partition coefficient (Wildman–Crippen LogP) is 2.76. The fraction of sp³-hybridized carbons (Fsp3) is 0.333. The third-order valence-electron chi connectivity index (χ3n) is 3.96. The van der Waals surface area contributed by atoms with E-state index < -0.39 is 11.9 Å². The van der Waals surface area contributed by atoms with Crippen LogP contribution in [0.4, 0.5) is 0 Å². The van der Waals surface area contributed by atoms with Gasteiger partial charge in [0.25, 0.3) is 0 Å². The number of rotatable bonds is 3. The number of carbonyl (C=O) groups is 2. The number of nitrogens with two attached hydrogens (primary N) is 1. The molecule has 3 rings (SSSR count). The minimum absolute atomic E-state index is 0.134. The molecule has 1 aromatic heterocycles. The summed E-state index contributed by atoms with van der Waals surface area (Å²) in [6.07, 6.45) is 3.04. The Hall–Kier alpha value is -1.72. The summed E-state index contributed by atoms with van der Waals surface area (Å²) in [5.74, 6) is -0.604. The Morgan fingerprint density at radius 2 is 2.14 bits per heavy atom. The molecule has 1 aliphatic heterocycles. The Morgan fingerprint density at radius 3 is 2.86 bits per heavy atom. The second kappa shape index (κ2) is 5.82. The third-order valence-corrected chi connectivity index (χ3v) is 4.75. The van der Waals surface area contributed by atoms with Crippen molar-refractivity contribution in [1.82, 2.24) is 4.90 Å². The van der Waals surface area contributed by atoms with Crippen LogP contribution in [0.3, 0.4) is 0 Å². The van der Waals surface area contributed by atoms with Gasteiger partial charge in [-0.05, 0) is 25.0 Å². The molecule has 1 saturated heterocycles. The average molecular weight is 341 g/mol. The number of hydrogen-bond donors (Lipinski definition) is 1. The van der Waals surface area contributed by atoms with E-state index in [-0.39, 0.29) is 12.3 Å². The van der Waals surface area contributed by atoms with E-state index in [1.165, 1.54) is 6.26 Å². The first-order chi connectivity index (χ1) is 10.5. The van der Waals surface area contributed by atoms with Gasteiger partial charge in [-0.2, -0.15) is 0 Å². The third kappa shape index (κ3) is 2.55. The molecule has 22 heavy (non-hydrogen) atoms. The number of hydrogen-bond acceptors (Lipinski definition) is 3. The van der Waals surface area contributed by atoms with Crippen molar-refractivity contribution in [3.05, 3.63) is 34.0 Å². The fourth-order valence-electron chi connectivity index (χ4n) is 2.86. The first-order valence-electron chi connectivity index (χ1n) is 6.92. The highest BCUT2D eigenvalue weighted by atomic mass is 35.5. The fourth-order valence-corrected chi connectivity index (χ4v) is 3.21. The summed E-state index contributed by atoms with van der Waals surface area (Å²) in [6.45, 7) is 0.550. The lowest BCUT2D eigenvalue weighted by Gasteiger charge is -2.21. The van der Waals surface area contributed by atoms with E-state index in [1.54, 1.807) is 17.0 Å². The minimum atomic E-state index is -0.510. The summed E-state index contributed by atoms with van der Waals surface area (Å²) in [4.78, 5) is 25.4. The second-order valence-electron chi connectivity index (χ2n) is 5.32. The number of amides is 2. The van der Waals surface area contributed by atoms with Crippen molar-refractivity contribution in [1.29, 1.82) is 0 Å². The summed E-state index contributed by atoms with van der Waals surface area (Å²) in [7, 11) is 0. The first kappa shape index (κ1) is 15.2. The maximum Gasteiger partial charge on any atom is 0.240 e. The molecule has 2 amide bonds. The number of likely N-dealkylation sites (tertiary alicyclic amines) is 1. The quantitative estimate of drug-likeness (QED) is 0.933. The Morgan fingerprint density at radius 1 is 1.36 bits per heavy atom. The van der Waals surface area contributed by atoms with Gasteiger partial charge in [0.2, 0.25) is 11.8 Å². The number of benzene rings is 1. The van der Waals surface area contributed by atoms with E-state index in [2.05, 4.69) is 0 Å². The molecule has 0 bridgehead atoms. The van der Waals surface area contributed by atoms with Crippen LogP contribution in [0.5, 0.6) is 0 Å². The van der Waals surface area contributed by atoms with Crippen molar-refractivity contribution in [2.45, 2.75) is 25.3 Å². The molecule has 0 unspecified atom stereocenters. The summed E-state index contributed by atoms with van der Waals surface area (Å²) < 4.78 is 5.42. The predicted molar refractivity (Wildman–Crippen MR) is 83.9 cm³/mol. The van der Waals surface area contributed by atoms with Gasteiger partial charge < -0.3 is 15.1 Å². The molecule has 116 valence electrons. The number of halogens is 2. The molecule has 0 spiro atoms. The lowest BCUT2D eigenvalue weighted by Crippen LogP contribution is -2.44. The van der Waals surface area contributed by atoms with Crippen molar-refractivity contribution in [2.24, 2.45) is 5.73 Å². The highest BCUT2D eigenvalue weighted by Crippen LogP contribution is 2.34. The maximum atomic E-state index is 12.4. The maximum absolute atomic E-state index is 12.4. The lowest BCUT2D eigenvalue weighted by atomic mass is 10.1. The van der Waals surface area contributed by atoms with Gasteiger partial charge in [0.05, 0.1) is 17.7 Å². The molecule has 0 radical (unpaired) electrons. The van der Waals surface area contributed by atoms with Crippen LogP contribution in [0.15, 0.2) is 22.8 Å². The van der Waals surface area contributed by atoms with Crippen LogP contribution in [0, 0.1) is 0 Å². The monoisotopic (exact) mass is 340 g/mol. The van der Waals surface area contributed by atoms with Crippen molar-refractivity contribution >= 4 is 46.0 Å². The van der Waals surface area contributed by atoms with Gasteiger partial charge >= 0.3 is 0 Å². The largest absolute Gasteiger partial charge is 0.462 e. The van der Waals surface area contributed by atoms with E-state index in [4.69, 9.17) is 33.4 Å². The Balaban J connectivity index is 1.86. The van der Waals surface area contributed by atoms with Gasteiger partial charge in [-0.25, -0.2) is 0 Å². The van der Waals surface area contributed by atoms with Crippen LogP contribution >= 0.6 is 23.2 Å². The highest BCUT2D eigenvalue weighted by Gasteiger charge is 2.32. The molecule has 2 aromatic rings. The molecule has 1 atom stereocenters. The summed E-state index contributed by atoms with van der Waals surface area (Å²) in [6, 6.07) is 2.92. The Labute approximate surface area is 136 Å². The van der Waals surface area contributed by atoms with Gasteiger partial charge in [0.1, 0.15) is 11.1 Å². The number of fused-ring (bicyclic) bond motifs is 1. The molecule has 1 aromatic carbocycles. The molecular weight excluding hydrogens is 327 g/mol.